The van der Waals surface area contributed by atoms with Crippen LogP contribution in [0.25, 0.3) is 0 Å². The van der Waals surface area contributed by atoms with Crippen molar-refractivity contribution in [1.82, 2.24) is 0 Å². The zero-order valence-electron chi connectivity index (χ0n) is 21.6. The van der Waals surface area contributed by atoms with E-state index in [0.29, 0.717) is 18.3 Å². The van der Waals surface area contributed by atoms with Gasteiger partial charge in [-0.15, -0.1) is 0 Å². The molecule has 0 bridgehead atoms. The first-order valence-electron chi connectivity index (χ1n) is 13.6. The van der Waals surface area contributed by atoms with Crippen LogP contribution in [0.15, 0.2) is 11.6 Å². The molecular formula is C29H46O4. The summed E-state index contributed by atoms with van der Waals surface area (Å²) >= 11 is 0. The molecule has 3 fully saturated rings. The molecule has 4 aliphatic rings. The summed E-state index contributed by atoms with van der Waals surface area (Å²) in [4.78, 5) is 26.9. The molecule has 10 unspecified atom stereocenters. The second kappa shape index (κ2) is 8.90. The van der Waals surface area contributed by atoms with Gasteiger partial charge < -0.3 is 10.2 Å². The Morgan fingerprint density at radius 2 is 1.79 bits per heavy atom. The van der Waals surface area contributed by atoms with Gasteiger partial charge in [0.1, 0.15) is 6.10 Å². The van der Waals surface area contributed by atoms with E-state index in [4.69, 9.17) is 0 Å². The first kappa shape index (κ1) is 25.1. The summed E-state index contributed by atoms with van der Waals surface area (Å²) in [6.45, 7) is 12.9. The fourth-order valence-electron chi connectivity index (χ4n) is 8.98. The molecule has 0 amide bonds. The van der Waals surface area contributed by atoms with Gasteiger partial charge in [-0.1, -0.05) is 53.5 Å². The number of rotatable bonds is 6. The van der Waals surface area contributed by atoms with E-state index in [9.17, 15) is 19.8 Å². The summed E-state index contributed by atoms with van der Waals surface area (Å²) in [6, 6.07) is 0. The van der Waals surface area contributed by atoms with Crippen LogP contribution in [0.5, 0.6) is 0 Å². The van der Waals surface area contributed by atoms with Crippen molar-refractivity contribution < 1.29 is 19.8 Å². The lowest BCUT2D eigenvalue weighted by Crippen LogP contribution is -2.54. The van der Waals surface area contributed by atoms with E-state index >= 15 is 0 Å². The van der Waals surface area contributed by atoms with Gasteiger partial charge >= 0.3 is 0 Å². The number of hydrogen-bond acceptors (Lipinski definition) is 4. The molecule has 186 valence electrons. The summed E-state index contributed by atoms with van der Waals surface area (Å²) in [5.41, 5.74) is 1.18. The molecule has 0 aromatic carbocycles. The van der Waals surface area contributed by atoms with Gasteiger partial charge in [-0.05, 0) is 91.4 Å². The highest BCUT2D eigenvalue weighted by Crippen LogP contribution is 2.66. The Kier molecular flexibility index (Phi) is 6.77. The number of allylic oxidation sites excluding steroid dienone is 1. The molecule has 0 aromatic rings. The molecule has 4 nitrogen and oxygen atoms in total. The second-order valence-corrected chi connectivity index (χ2v) is 12.8. The van der Waals surface area contributed by atoms with Gasteiger partial charge in [0.15, 0.2) is 11.6 Å². The first-order chi connectivity index (χ1) is 15.5. The lowest BCUT2D eigenvalue weighted by Gasteiger charge is -2.57. The Bertz CT molecular complexity index is 814. The average molecular weight is 459 g/mol. The van der Waals surface area contributed by atoms with E-state index in [0.717, 1.165) is 44.9 Å². The lowest BCUT2D eigenvalue weighted by molar-refractivity contribution is -0.141. The normalized spacial score (nSPS) is 43.2. The van der Waals surface area contributed by atoms with Crippen molar-refractivity contribution in [2.24, 2.45) is 52.3 Å². The van der Waals surface area contributed by atoms with Crippen molar-refractivity contribution in [1.29, 1.82) is 0 Å². The van der Waals surface area contributed by atoms with Gasteiger partial charge in [0, 0.05) is 11.8 Å². The number of fused-ring (bicyclic) bond motifs is 5. The predicted octanol–water partition coefficient (Wildman–Crippen LogP) is 5.35. The quantitative estimate of drug-likeness (QED) is 0.562. The minimum atomic E-state index is -0.890. The zero-order chi connectivity index (χ0) is 24.3. The molecule has 2 N–H and O–H groups in total. The molecule has 0 radical (unpaired) electrons. The van der Waals surface area contributed by atoms with E-state index < -0.39 is 6.10 Å². The van der Waals surface area contributed by atoms with Gasteiger partial charge in [-0.25, -0.2) is 0 Å². The molecule has 0 heterocycles. The van der Waals surface area contributed by atoms with E-state index in [1.165, 1.54) is 5.57 Å². The Balaban J connectivity index is 1.58. The molecule has 4 rings (SSSR count). The highest BCUT2D eigenvalue weighted by atomic mass is 16.3. The van der Waals surface area contributed by atoms with Crippen molar-refractivity contribution in [2.45, 2.75) is 105 Å². The molecular weight excluding hydrogens is 412 g/mol. The van der Waals surface area contributed by atoms with Crippen LogP contribution < -0.4 is 0 Å². The summed E-state index contributed by atoms with van der Waals surface area (Å²) in [5.74, 6) is 1.33. The SMILES string of the molecule is CCC(C(C)C)C(O)C(=O)C(C)C1CCC2C3C(=O)C=C4CC(O)CCC4(C)C3CCC12C. The Morgan fingerprint density at radius 3 is 2.42 bits per heavy atom. The Hall–Kier alpha value is -1.00. The van der Waals surface area contributed by atoms with Crippen LogP contribution in [0.1, 0.15) is 92.9 Å². The van der Waals surface area contributed by atoms with Gasteiger partial charge in [-0.2, -0.15) is 0 Å². The van der Waals surface area contributed by atoms with Gasteiger partial charge in [-0.3, -0.25) is 9.59 Å². The molecule has 3 saturated carbocycles. The molecule has 0 aromatic heterocycles. The van der Waals surface area contributed by atoms with Crippen molar-refractivity contribution in [3.8, 4) is 0 Å². The van der Waals surface area contributed by atoms with Crippen LogP contribution in [-0.4, -0.2) is 34.0 Å². The molecule has 0 spiro atoms. The van der Waals surface area contributed by atoms with Crippen molar-refractivity contribution in [3.63, 3.8) is 0 Å². The maximum absolute atomic E-state index is 13.5. The number of hydrogen-bond donors (Lipinski definition) is 2. The molecule has 4 aliphatic carbocycles. The van der Waals surface area contributed by atoms with Crippen molar-refractivity contribution in [3.05, 3.63) is 11.6 Å². The maximum atomic E-state index is 13.5. The van der Waals surface area contributed by atoms with E-state index in [-0.39, 0.29) is 58.1 Å². The minimum absolute atomic E-state index is 0.00535. The lowest BCUT2D eigenvalue weighted by atomic mass is 9.46. The fourth-order valence-corrected chi connectivity index (χ4v) is 8.98. The van der Waals surface area contributed by atoms with E-state index in [1.54, 1.807) is 0 Å². The Morgan fingerprint density at radius 1 is 1.09 bits per heavy atom. The smallest absolute Gasteiger partial charge is 0.164 e. The van der Waals surface area contributed by atoms with Gasteiger partial charge in [0.25, 0.3) is 0 Å². The standard InChI is InChI=1S/C29H46O4/c1-7-20(16(2)3)27(33)26(32)17(4)21-8-9-22-25-23(11-13-29(21,22)6)28(5)12-10-19(30)14-18(28)15-24(25)31/h15-17,19-23,25,27,30,33H,7-14H2,1-6H3. The summed E-state index contributed by atoms with van der Waals surface area (Å²) in [5, 5.41) is 21.2. The number of Topliss-reactive ketones (excluding diaryl/α,β-unsaturated/α-hetero) is 1. The van der Waals surface area contributed by atoms with Crippen LogP contribution in [0, 0.1) is 52.3 Å². The van der Waals surface area contributed by atoms with Crippen LogP contribution in [0.3, 0.4) is 0 Å². The highest BCUT2D eigenvalue weighted by Gasteiger charge is 2.62. The van der Waals surface area contributed by atoms with Gasteiger partial charge in [0.05, 0.1) is 6.10 Å². The largest absolute Gasteiger partial charge is 0.393 e. The van der Waals surface area contributed by atoms with E-state index in [1.807, 2.05) is 13.0 Å². The second-order valence-electron chi connectivity index (χ2n) is 12.8. The van der Waals surface area contributed by atoms with Gasteiger partial charge in [0.2, 0.25) is 0 Å². The number of carbonyl (C=O) groups is 2. The monoisotopic (exact) mass is 458 g/mol. The molecule has 4 heteroatoms. The fraction of sp³-hybridized carbons (Fsp3) is 0.862. The maximum Gasteiger partial charge on any atom is 0.164 e. The zero-order valence-corrected chi connectivity index (χ0v) is 21.6. The highest BCUT2D eigenvalue weighted by molar-refractivity contribution is 5.94. The van der Waals surface area contributed by atoms with Crippen LogP contribution in [0.2, 0.25) is 0 Å². The molecule has 0 aliphatic heterocycles. The summed E-state index contributed by atoms with van der Waals surface area (Å²) < 4.78 is 0. The first-order valence-corrected chi connectivity index (χ1v) is 13.6. The Labute approximate surface area is 200 Å². The molecule has 33 heavy (non-hydrogen) atoms. The number of ketones is 2. The van der Waals surface area contributed by atoms with Crippen molar-refractivity contribution >= 4 is 11.6 Å². The number of carbonyl (C=O) groups excluding carboxylic acids is 2. The van der Waals surface area contributed by atoms with E-state index in [2.05, 4.69) is 34.6 Å². The predicted molar refractivity (Wildman–Crippen MR) is 130 cm³/mol. The van der Waals surface area contributed by atoms with Crippen LogP contribution in [0.4, 0.5) is 0 Å². The third kappa shape index (κ3) is 3.88. The molecule has 0 saturated heterocycles. The van der Waals surface area contributed by atoms with Crippen LogP contribution in [-0.2, 0) is 9.59 Å². The summed E-state index contributed by atoms with van der Waals surface area (Å²) in [7, 11) is 0. The van der Waals surface area contributed by atoms with Crippen LogP contribution >= 0.6 is 0 Å². The number of aliphatic hydroxyl groups is 2. The van der Waals surface area contributed by atoms with Crippen molar-refractivity contribution in [2.75, 3.05) is 0 Å². The summed E-state index contributed by atoms with van der Waals surface area (Å²) in [6.07, 6.45) is 8.00. The third-order valence-electron chi connectivity index (χ3n) is 11.1. The minimum Gasteiger partial charge on any atom is -0.393 e. The topological polar surface area (TPSA) is 74.6 Å². The average Bonchev–Trinajstić information content (AvgIpc) is 3.11. The number of aliphatic hydroxyl groups excluding tert-OH is 2. The third-order valence-corrected chi connectivity index (χ3v) is 11.1. The molecule has 10 atom stereocenters.